The van der Waals surface area contributed by atoms with Crippen molar-refractivity contribution in [3.63, 3.8) is 0 Å². The minimum Gasteiger partial charge on any atom is -0.367 e. The lowest BCUT2D eigenvalue weighted by molar-refractivity contribution is -0.132. The van der Waals surface area contributed by atoms with Gasteiger partial charge in [0, 0.05) is 32.6 Å². The van der Waals surface area contributed by atoms with Crippen molar-refractivity contribution in [2.45, 2.75) is 97.8 Å². The molecule has 1 heterocycles. The van der Waals surface area contributed by atoms with E-state index in [0.29, 0.717) is 22.7 Å². The van der Waals surface area contributed by atoms with E-state index in [-0.39, 0.29) is 0 Å². The average molecular weight is 539 g/mol. The van der Waals surface area contributed by atoms with Crippen LogP contribution in [0.15, 0.2) is 24.3 Å². The number of rotatable bonds is 5. The molecule has 0 aromatic heterocycles. The van der Waals surface area contributed by atoms with Crippen LogP contribution in [0.4, 0.5) is 5.69 Å². The van der Waals surface area contributed by atoms with E-state index in [1.165, 1.54) is 64.2 Å². The van der Waals surface area contributed by atoms with Gasteiger partial charge >= 0.3 is 0 Å². The SMILES string of the molecule is C[C@H](CCC(=O)N1CCN(c2ccccc2Cl)CC1)[C@H]1CC[C@H]2[C@@H]3CC[C@@H]4CCCC[C@]4(C)[C@H]3CC[C@]12C. The van der Waals surface area contributed by atoms with Crippen LogP contribution in [0.2, 0.25) is 5.02 Å². The van der Waals surface area contributed by atoms with Gasteiger partial charge in [-0.05, 0) is 116 Å². The van der Waals surface area contributed by atoms with Gasteiger partial charge in [-0.1, -0.05) is 57.3 Å². The summed E-state index contributed by atoms with van der Waals surface area (Å²) in [7, 11) is 0. The number of fused-ring (bicyclic) bond motifs is 5. The van der Waals surface area contributed by atoms with E-state index >= 15 is 0 Å². The number of amides is 1. The molecule has 3 nitrogen and oxygen atoms in total. The summed E-state index contributed by atoms with van der Waals surface area (Å²) in [5, 5.41) is 0.805. The molecule has 1 amide bonds. The smallest absolute Gasteiger partial charge is 0.222 e. The Kier molecular flexibility index (Phi) is 7.55. The Morgan fingerprint density at radius 3 is 2.47 bits per heavy atom. The molecule has 5 fully saturated rings. The van der Waals surface area contributed by atoms with Gasteiger partial charge in [-0.25, -0.2) is 0 Å². The molecule has 5 aliphatic rings. The van der Waals surface area contributed by atoms with Crippen molar-refractivity contribution in [2.24, 2.45) is 46.3 Å². The number of benzene rings is 1. The summed E-state index contributed by atoms with van der Waals surface area (Å²) in [4.78, 5) is 17.7. The highest BCUT2D eigenvalue weighted by Crippen LogP contribution is 2.68. The molecule has 0 unspecified atom stereocenters. The number of carbonyl (C=O) groups excluding carboxylic acids is 1. The molecule has 38 heavy (non-hydrogen) atoms. The standard InChI is InChI=1S/C34H51ClN2O/c1-24(11-16-32(38)37-22-20-36(21-23-37)31-10-5-4-9-30(31)35)27-14-15-28-26-13-12-25-8-6-7-18-33(25,2)29(26)17-19-34(27,28)3/h4-5,9-10,24-29H,6-8,11-23H2,1-3H3/t24-,25+,26+,27-,28+,29+,33+,34-/m1/s1. The number of piperazine rings is 1. The number of anilines is 1. The van der Waals surface area contributed by atoms with Gasteiger partial charge in [0.05, 0.1) is 10.7 Å². The number of hydrogen-bond donors (Lipinski definition) is 0. The lowest BCUT2D eigenvalue weighted by atomic mass is 9.44. The van der Waals surface area contributed by atoms with Gasteiger partial charge in [0.25, 0.3) is 0 Å². The maximum Gasteiger partial charge on any atom is 0.222 e. The highest BCUT2D eigenvalue weighted by atomic mass is 35.5. The number of carbonyl (C=O) groups is 1. The van der Waals surface area contributed by atoms with Crippen LogP contribution in [0.1, 0.15) is 97.8 Å². The van der Waals surface area contributed by atoms with Crippen molar-refractivity contribution in [1.82, 2.24) is 4.90 Å². The third kappa shape index (κ3) is 4.61. The summed E-state index contributed by atoms with van der Waals surface area (Å²) in [5.74, 6) is 5.72. The summed E-state index contributed by atoms with van der Waals surface area (Å²) in [6, 6.07) is 8.07. The number of para-hydroxylation sites is 1. The van der Waals surface area contributed by atoms with E-state index in [1.807, 2.05) is 18.2 Å². The molecule has 210 valence electrons. The molecular weight excluding hydrogens is 488 g/mol. The average Bonchev–Trinajstić information content (AvgIpc) is 3.29. The fraction of sp³-hybridized carbons (Fsp3) is 0.794. The monoisotopic (exact) mass is 538 g/mol. The topological polar surface area (TPSA) is 23.6 Å². The zero-order valence-electron chi connectivity index (χ0n) is 24.3. The van der Waals surface area contributed by atoms with E-state index in [1.54, 1.807) is 0 Å². The van der Waals surface area contributed by atoms with E-state index in [9.17, 15) is 4.79 Å². The summed E-state index contributed by atoms with van der Waals surface area (Å²) in [5.41, 5.74) is 2.23. The lowest BCUT2D eigenvalue weighted by Crippen LogP contribution is -2.53. The highest BCUT2D eigenvalue weighted by molar-refractivity contribution is 6.33. The molecule has 4 aliphatic carbocycles. The van der Waals surface area contributed by atoms with Gasteiger partial charge in [-0.2, -0.15) is 0 Å². The molecule has 1 saturated heterocycles. The van der Waals surface area contributed by atoms with E-state index in [0.717, 1.165) is 79.3 Å². The summed E-state index contributed by atoms with van der Waals surface area (Å²) < 4.78 is 0. The second-order valence-corrected chi connectivity index (χ2v) is 14.9. The predicted octanol–water partition coefficient (Wildman–Crippen LogP) is 8.45. The fourth-order valence-corrected chi connectivity index (χ4v) is 11.1. The fourth-order valence-electron chi connectivity index (χ4n) is 10.9. The Labute approximate surface area is 237 Å². The number of halogens is 1. The molecule has 4 saturated carbocycles. The quantitative estimate of drug-likeness (QED) is 0.375. The maximum absolute atomic E-state index is 13.2. The van der Waals surface area contributed by atoms with Crippen LogP contribution < -0.4 is 4.90 Å². The third-order valence-electron chi connectivity index (χ3n) is 13.0. The Bertz CT molecular complexity index is 1000. The summed E-state index contributed by atoms with van der Waals surface area (Å²) >= 11 is 6.42. The molecule has 1 aromatic rings. The van der Waals surface area contributed by atoms with E-state index in [2.05, 4.69) is 36.6 Å². The molecule has 0 N–H and O–H groups in total. The van der Waals surface area contributed by atoms with E-state index < -0.39 is 0 Å². The lowest BCUT2D eigenvalue weighted by Gasteiger charge is -2.61. The summed E-state index contributed by atoms with van der Waals surface area (Å²) in [6.07, 6.45) is 16.5. The van der Waals surface area contributed by atoms with Crippen LogP contribution in [0.5, 0.6) is 0 Å². The molecule has 0 bridgehead atoms. The zero-order chi connectivity index (χ0) is 26.5. The van der Waals surface area contributed by atoms with Crippen molar-refractivity contribution in [3.05, 3.63) is 29.3 Å². The minimum atomic E-state index is 0.364. The maximum atomic E-state index is 13.2. The van der Waals surface area contributed by atoms with E-state index in [4.69, 9.17) is 11.6 Å². The first-order valence-corrected chi connectivity index (χ1v) is 16.5. The molecule has 6 rings (SSSR count). The molecule has 0 spiro atoms. The van der Waals surface area contributed by atoms with Crippen LogP contribution in [0, 0.1) is 46.3 Å². The van der Waals surface area contributed by atoms with Crippen LogP contribution in [0.3, 0.4) is 0 Å². The minimum absolute atomic E-state index is 0.364. The van der Waals surface area contributed by atoms with Crippen molar-refractivity contribution in [3.8, 4) is 0 Å². The Balaban J connectivity index is 1.03. The molecule has 4 heteroatoms. The van der Waals surface area contributed by atoms with Gasteiger partial charge < -0.3 is 9.80 Å². The van der Waals surface area contributed by atoms with Gasteiger partial charge in [0.2, 0.25) is 5.91 Å². The van der Waals surface area contributed by atoms with Crippen LogP contribution in [-0.4, -0.2) is 37.0 Å². The Hall–Kier alpha value is -1.22. The first kappa shape index (κ1) is 27.0. The van der Waals surface area contributed by atoms with Crippen LogP contribution in [0.25, 0.3) is 0 Å². The van der Waals surface area contributed by atoms with Crippen molar-refractivity contribution < 1.29 is 4.79 Å². The van der Waals surface area contributed by atoms with Gasteiger partial charge in [-0.15, -0.1) is 0 Å². The number of nitrogens with zero attached hydrogens (tertiary/aromatic N) is 2. The Morgan fingerprint density at radius 2 is 1.68 bits per heavy atom. The molecule has 1 aromatic carbocycles. The molecular formula is C34H51ClN2O. The normalized spacial score (nSPS) is 39.7. The van der Waals surface area contributed by atoms with Crippen LogP contribution >= 0.6 is 11.6 Å². The van der Waals surface area contributed by atoms with Crippen molar-refractivity contribution >= 4 is 23.2 Å². The van der Waals surface area contributed by atoms with Gasteiger partial charge in [-0.3, -0.25) is 4.79 Å². The number of hydrogen-bond acceptors (Lipinski definition) is 2. The first-order chi connectivity index (χ1) is 18.3. The van der Waals surface area contributed by atoms with Gasteiger partial charge in [0.15, 0.2) is 0 Å². The zero-order valence-corrected chi connectivity index (χ0v) is 25.0. The van der Waals surface area contributed by atoms with Crippen LogP contribution in [-0.2, 0) is 4.79 Å². The van der Waals surface area contributed by atoms with Crippen molar-refractivity contribution in [1.29, 1.82) is 0 Å². The largest absolute Gasteiger partial charge is 0.367 e. The third-order valence-corrected chi connectivity index (χ3v) is 13.3. The van der Waals surface area contributed by atoms with Gasteiger partial charge in [0.1, 0.15) is 0 Å². The second kappa shape index (κ2) is 10.6. The molecule has 8 atom stereocenters. The second-order valence-electron chi connectivity index (χ2n) is 14.5. The predicted molar refractivity (Wildman–Crippen MR) is 158 cm³/mol. The molecule has 1 aliphatic heterocycles. The first-order valence-electron chi connectivity index (χ1n) is 16.1. The highest BCUT2D eigenvalue weighted by Gasteiger charge is 2.60. The molecule has 0 radical (unpaired) electrons. The summed E-state index contributed by atoms with van der Waals surface area (Å²) in [6.45, 7) is 11.2. The Morgan fingerprint density at radius 1 is 0.921 bits per heavy atom. The van der Waals surface area contributed by atoms with Crippen molar-refractivity contribution in [2.75, 3.05) is 31.1 Å².